The highest BCUT2D eigenvalue weighted by atomic mass is 19.1. The Balaban J connectivity index is 1.68. The Morgan fingerprint density at radius 3 is 2.43 bits per heavy atom. The zero-order valence-electron chi connectivity index (χ0n) is 13.5. The number of benzene rings is 2. The summed E-state index contributed by atoms with van der Waals surface area (Å²) in [6.45, 7) is 3.19. The summed E-state index contributed by atoms with van der Waals surface area (Å²) in [5, 5.41) is 0. The Labute approximate surface area is 136 Å². The molecule has 23 heavy (non-hydrogen) atoms. The Hall–Kier alpha value is -2.16. The fourth-order valence-corrected chi connectivity index (χ4v) is 3.45. The van der Waals surface area contributed by atoms with E-state index in [1.165, 1.54) is 18.6 Å². The Bertz CT molecular complexity index is 675. The van der Waals surface area contributed by atoms with Crippen molar-refractivity contribution in [3.63, 3.8) is 0 Å². The van der Waals surface area contributed by atoms with Crippen molar-refractivity contribution in [2.45, 2.75) is 26.2 Å². The van der Waals surface area contributed by atoms with Crippen LogP contribution in [0.5, 0.6) is 0 Å². The van der Waals surface area contributed by atoms with E-state index in [0.29, 0.717) is 5.92 Å². The van der Waals surface area contributed by atoms with Crippen LogP contribution in [0.15, 0.2) is 48.5 Å². The minimum atomic E-state index is -0.415. The van der Waals surface area contributed by atoms with Gasteiger partial charge in [-0.2, -0.15) is 0 Å². The van der Waals surface area contributed by atoms with Crippen molar-refractivity contribution in [3.05, 3.63) is 65.5 Å². The molecular weight excluding hydrogens is 289 g/mol. The summed E-state index contributed by atoms with van der Waals surface area (Å²) >= 11 is 0. The molecule has 0 N–H and O–H groups in total. The van der Waals surface area contributed by atoms with E-state index in [9.17, 15) is 9.18 Å². The topological polar surface area (TPSA) is 20.3 Å². The number of halogens is 1. The average Bonchev–Trinajstić information content (AvgIpc) is 2.56. The molecule has 0 saturated carbocycles. The summed E-state index contributed by atoms with van der Waals surface area (Å²) in [6, 6.07) is 15.5. The number of Topliss-reactive ketones (excluding diaryl/α,β-unsaturated/α-hetero) is 1. The highest BCUT2D eigenvalue weighted by molar-refractivity contribution is 6.00. The van der Waals surface area contributed by atoms with E-state index < -0.39 is 5.82 Å². The van der Waals surface area contributed by atoms with Gasteiger partial charge in [0, 0.05) is 13.1 Å². The Kier molecular flexibility index (Phi) is 4.75. The first-order valence-corrected chi connectivity index (χ1v) is 8.23. The van der Waals surface area contributed by atoms with Gasteiger partial charge < -0.3 is 4.90 Å². The molecule has 0 atom stereocenters. The number of rotatable bonds is 4. The van der Waals surface area contributed by atoms with E-state index in [4.69, 9.17) is 0 Å². The lowest BCUT2D eigenvalue weighted by atomic mass is 9.89. The third-order valence-corrected chi connectivity index (χ3v) is 4.67. The second kappa shape index (κ2) is 6.95. The second-order valence-corrected chi connectivity index (χ2v) is 6.31. The van der Waals surface area contributed by atoms with Crippen LogP contribution in [0, 0.1) is 11.7 Å². The van der Waals surface area contributed by atoms with Crippen LogP contribution >= 0.6 is 0 Å². The van der Waals surface area contributed by atoms with Crippen molar-refractivity contribution < 1.29 is 9.18 Å². The molecule has 1 heterocycles. The highest BCUT2D eigenvalue weighted by Gasteiger charge is 2.23. The van der Waals surface area contributed by atoms with Crippen LogP contribution in [0.3, 0.4) is 0 Å². The minimum Gasteiger partial charge on any atom is -0.371 e. The average molecular weight is 311 g/mol. The molecule has 2 aromatic carbocycles. The summed E-state index contributed by atoms with van der Waals surface area (Å²) in [4.78, 5) is 13.9. The molecule has 2 aromatic rings. The number of hydrogen-bond donors (Lipinski definition) is 0. The van der Waals surface area contributed by atoms with Gasteiger partial charge in [-0.05, 0) is 49.8 Å². The number of ketones is 1. The highest BCUT2D eigenvalue weighted by Crippen LogP contribution is 2.29. The van der Waals surface area contributed by atoms with Gasteiger partial charge in [-0.3, -0.25) is 4.79 Å². The van der Waals surface area contributed by atoms with Crippen LogP contribution in [-0.2, 0) is 6.42 Å². The molecule has 1 saturated heterocycles. The number of anilines is 1. The van der Waals surface area contributed by atoms with Gasteiger partial charge in [0.2, 0.25) is 0 Å². The molecule has 1 fully saturated rings. The van der Waals surface area contributed by atoms with E-state index in [1.807, 2.05) is 12.1 Å². The molecule has 1 aliphatic rings. The number of carbonyl (C=O) groups is 1. The molecule has 1 aliphatic heterocycles. The van der Waals surface area contributed by atoms with Crippen LogP contribution in [0.25, 0.3) is 0 Å². The maximum atomic E-state index is 14.0. The summed E-state index contributed by atoms with van der Waals surface area (Å²) in [7, 11) is 0. The van der Waals surface area contributed by atoms with Crippen molar-refractivity contribution in [3.8, 4) is 0 Å². The fraction of sp³-hybridized carbons (Fsp3) is 0.350. The SMILES string of the molecule is CC(=O)c1c(F)cccc1N1CCC(Cc2ccccc2)CC1. The maximum Gasteiger partial charge on any atom is 0.164 e. The van der Waals surface area contributed by atoms with E-state index >= 15 is 0 Å². The molecule has 0 amide bonds. The lowest BCUT2D eigenvalue weighted by molar-refractivity contribution is 0.101. The van der Waals surface area contributed by atoms with Gasteiger partial charge in [-0.25, -0.2) is 4.39 Å². The minimum absolute atomic E-state index is 0.204. The van der Waals surface area contributed by atoms with Gasteiger partial charge in [0.05, 0.1) is 11.3 Å². The van der Waals surface area contributed by atoms with Gasteiger partial charge in [0.1, 0.15) is 5.82 Å². The molecule has 3 rings (SSSR count). The van der Waals surface area contributed by atoms with Crippen molar-refractivity contribution >= 4 is 11.5 Å². The van der Waals surface area contributed by atoms with Gasteiger partial charge in [0.25, 0.3) is 0 Å². The molecule has 0 aromatic heterocycles. The largest absolute Gasteiger partial charge is 0.371 e. The molecule has 0 aliphatic carbocycles. The molecular formula is C20H22FNO. The molecule has 0 unspecified atom stereocenters. The lowest BCUT2D eigenvalue weighted by Gasteiger charge is -2.34. The van der Waals surface area contributed by atoms with Crippen LogP contribution in [0.2, 0.25) is 0 Å². The number of carbonyl (C=O) groups excluding carboxylic acids is 1. The fourth-order valence-electron chi connectivity index (χ4n) is 3.45. The van der Waals surface area contributed by atoms with Crippen molar-refractivity contribution in [1.29, 1.82) is 0 Å². The monoisotopic (exact) mass is 311 g/mol. The smallest absolute Gasteiger partial charge is 0.164 e. The van der Waals surface area contributed by atoms with Crippen molar-refractivity contribution in [2.24, 2.45) is 5.92 Å². The van der Waals surface area contributed by atoms with Gasteiger partial charge in [-0.1, -0.05) is 36.4 Å². The molecule has 2 nitrogen and oxygen atoms in total. The van der Waals surface area contributed by atoms with Gasteiger partial charge >= 0.3 is 0 Å². The van der Waals surface area contributed by atoms with Crippen LogP contribution in [0.4, 0.5) is 10.1 Å². The zero-order valence-corrected chi connectivity index (χ0v) is 13.5. The number of nitrogens with zero attached hydrogens (tertiary/aromatic N) is 1. The third-order valence-electron chi connectivity index (χ3n) is 4.67. The van der Waals surface area contributed by atoms with E-state index in [2.05, 4.69) is 29.2 Å². The van der Waals surface area contributed by atoms with Gasteiger partial charge in [-0.15, -0.1) is 0 Å². The molecule has 0 spiro atoms. The van der Waals surface area contributed by atoms with Crippen LogP contribution in [-0.4, -0.2) is 18.9 Å². The molecule has 3 heteroatoms. The first-order chi connectivity index (χ1) is 11.1. The number of piperidine rings is 1. The Morgan fingerprint density at radius 2 is 1.78 bits per heavy atom. The van der Waals surface area contributed by atoms with Gasteiger partial charge in [0.15, 0.2) is 5.78 Å². The third kappa shape index (κ3) is 3.61. The molecule has 0 radical (unpaired) electrons. The molecule has 120 valence electrons. The first kappa shape index (κ1) is 15.7. The van der Waals surface area contributed by atoms with E-state index in [-0.39, 0.29) is 11.3 Å². The predicted octanol–water partition coefficient (Wildman–Crippen LogP) is 4.49. The summed E-state index contributed by atoms with van der Waals surface area (Å²) in [5.41, 5.74) is 2.35. The van der Waals surface area contributed by atoms with E-state index in [1.54, 1.807) is 6.07 Å². The zero-order chi connectivity index (χ0) is 16.2. The first-order valence-electron chi connectivity index (χ1n) is 8.23. The second-order valence-electron chi connectivity index (χ2n) is 6.31. The normalized spacial score (nSPS) is 15.7. The van der Waals surface area contributed by atoms with Crippen molar-refractivity contribution in [1.82, 2.24) is 0 Å². The summed E-state index contributed by atoms with van der Waals surface area (Å²) in [6.07, 6.45) is 3.24. The lowest BCUT2D eigenvalue weighted by Crippen LogP contribution is -2.35. The summed E-state index contributed by atoms with van der Waals surface area (Å²) < 4.78 is 14.0. The van der Waals surface area contributed by atoms with Crippen molar-refractivity contribution in [2.75, 3.05) is 18.0 Å². The van der Waals surface area contributed by atoms with Crippen LogP contribution in [0.1, 0.15) is 35.7 Å². The molecule has 0 bridgehead atoms. The van der Waals surface area contributed by atoms with Crippen LogP contribution < -0.4 is 4.90 Å². The predicted molar refractivity (Wildman–Crippen MR) is 91.5 cm³/mol. The quantitative estimate of drug-likeness (QED) is 0.776. The van der Waals surface area contributed by atoms with E-state index in [0.717, 1.165) is 38.0 Å². The number of hydrogen-bond acceptors (Lipinski definition) is 2. The summed E-state index contributed by atoms with van der Waals surface area (Å²) in [5.74, 6) is 0.0360. The Morgan fingerprint density at radius 1 is 1.09 bits per heavy atom. The standard InChI is InChI=1S/C20H22FNO/c1-15(23)20-18(21)8-5-9-19(20)22-12-10-17(11-13-22)14-16-6-3-2-4-7-16/h2-9,17H,10-14H2,1H3. The maximum absolute atomic E-state index is 14.0.